The van der Waals surface area contributed by atoms with Crippen LogP contribution in [0.2, 0.25) is 0 Å². The van der Waals surface area contributed by atoms with Gasteiger partial charge in [0, 0.05) is 12.8 Å². The third kappa shape index (κ3) is 3.21. The van der Waals surface area contributed by atoms with Gasteiger partial charge in [-0.1, -0.05) is 36.4 Å². The summed E-state index contributed by atoms with van der Waals surface area (Å²) in [5.41, 5.74) is 3.56. The van der Waals surface area contributed by atoms with Crippen molar-refractivity contribution in [2.24, 2.45) is 0 Å². The number of ketones is 1. The molecule has 2 aromatic carbocycles. The minimum Gasteiger partial charge on any atom is -0.493 e. The molecule has 0 atom stereocenters. The fraction of sp³-hybridized carbons (Fsp3) is 0.409. The molecule has 3 nitrogen and oxygen atoms in total. The van der Waals surface area contributed by atoms with E-state index in [-0.39, 0.29) is 5.41 Å². The van der Waals surface area contributed by atoms with E-state index in [0.29, 0.717) is 18.8 Å². The zero-order valence-electron chi connectivity index (χ0n) is 14.6. The van der Waals surface area contributed by atoms with E-state index in [1.165, 1.54) is 16.7 Å². The highest BCUT2D eigenvalue weighted by atomic mass is 16.5. The maximum atomic E-state index is 12.8. The first-order valence-electron chi connectivity index (χ1n) is 9.32. The second-order valence-corrected chi connectivity index (χ2v) is 7.16. The van der Waals surface area contributed by atoms with Crippen LogP contribution in [0, 0.1) is 0 Å². The SMILES string of the molecule is O=C1CCc2ccc(OCCc3ccccc3)cc2C12CCNCC2. The number of fused-ring (bicyclic) bond motifs is 2. The van der Waals surface area contributed by atoms with Crippen LogP contribution in [0.5, 0.6) is 5.75 Å². The largest absolute Gasteiger partial charge is 0.493 e. The Morgan fingerprint density at radius 1 is 1.00 bits per heavy atom. The van der Waals surface area contributed by atoms with Gasteiger partial charge in [0.1, 0.15) is 11.5 Å². The maximum absolute atomic E-state index is 12.8. The van der Waals surface area contributed by atoms with Crippen molar-refractivity contribution in [3.05, 3.63) is 65.2 Å². The van der Waals surface area contributed by atoms with E-state index in [1.54, 1.807) is 0 Å². The van der Waals surface area contributed by atoms with Gasteiger partial charge < -0.3 is 10.1 Å². The number of rotatable bonds is 4. The summed E-state index contributed by atoms with van der Waals surface area (Å²) in [7, 11) is 0. The van der Waals surface area contributed by atoms with Crippen molar-refractivity contribution in [2.75, 3.05) is 19.7 Å². The summed E-state index contributed by atoms with van der Waals surface area (Å²) in [6.45, 7) is 2.50. The molecule has 1 heterocycles. The Morgan fingerprint density at radius 2 is 1.80 bits per heavy atom. The van der Waals surface area contributed by atoms with Crippen molar-refractivity contribution in [3.8, 4) is 5.75 Å². The number of hydrogen-bond donors (Lipinski definition) is 1. The quantitative estimate of drug-likeness (QED) is 0.930. The average molecular weight is 335 g/mol. The molecule has 3 heteroatoms. The molecule has 1 aliphatic carbocycles. The molecule has 0 aromatic heterocycles. The normalized spacial score (nSPS) is 18.8. The van der Waals surface area contributed by atoms with Crippen LogP contribution in [0.25, 0.3) is 0 Å². The molecule has 0 unspecified atom stereocenters. The number of piperidine rings is 1. The Hall–Kier alpha value is -2.13. The van der Waals surface area contributed by atoms with Crippen molar-refractivity contribution in [1.82, 2.24) is 5.32 Å². The van der Waals surface area contributed by atoms with Crippen LogP contribution in [0.3, 0.4) is 0 Å². The maximum Gasteiger partial charge on any atom is 0.143 e. The monoisotopic (exact) mass is 335 g/mol. The molecule has 0 saturated carbocycles. The van der Waals surface area contributed by atoms with Gasteiger partial charge in [-0.2, -0.15) is 0 Å². The molecule has 1 fully saturated rings. The highest BCUT2D eigenvalue weighted by Crippen LogP contribution is 2.42. The van der Waals surface area contributed by atoms with Crippen molar-refractivity contribution in [2.45, 2.75) is 37.5 Å². The smallest absolute Gasteiger partial charge is 0.143 e. The van der Waals surface area contributed by atoms with Gasteiger partial charge in [-0.05, 0) is 61.2 Å². The number of aryl methyl sites for hydroxylation is 1. The third-order valence-corrected chi connectivity index (χ3v) is 5.71. The fourth-order valence-corrected chi connectivity index (χ4v) is 4.28. The Labute approximate surface area is 149 Å². The van der Waals surface area contributed by atoms with E-state index in [9.17, 15) is 4.79 Å². The minimum atomic E-state index is -0.280. The van der Waals surface area contributed by atoms with Crippen LogP contribution in [-0.2, 0) is 23.1 Å². The molecule has 2 aliphatic rings. The predicted octanol–water partition coefficient (Wildman–Crippen LogP) is 3.44. The van der Waals surface area contributed by atoms with Gasteiger partial charge in [0.15, 0.2) is 0 Å². The lowest BCUT2D eigenvalue weighted by Gasteiger charge is -2.41. The van der Waals surface area contributed by atoms with Crippen molar-refractivity contribution >= 4 is 5.78 Å². The van der Waals surface area contributed by atoms with Crippen LogP contribution in [0.1, 0.15) is 36.0 Å². The van der Waals surface area contributed by atoms with E-state index in [1.807, 2.05) is 6.07 Å². The molecular weight excluding hydrogens is 310 g/mol. The summed E-state index contributed by atoms with van der Waals surface area (Å²) in [6.07, 6.45) is 4.26. The van der Waals surface area contributed by atoms with Gasteiger partial charge >= 0.3 is 0 Å². The third-order valence-electron chi connectivity index (χ3n) is 5.71. The summed E-state index contributed by atoms with van der Waals surface area (Å²) < 4.78 is 6.02. The molecule has 4 rings (SSSR count). The Bertz CT molecular complexity index is 748. The summed E-state index contributed by atoms with van der Waals surface area (Å²) in [5.74, 6) is 1.31. The van der Waals surface area contributed by atoms with Crippen molar-refractivity contribution < 1.29 is 9.53 Å². The minimum absolute atomic E-state index is 0.280. The fourth-order valence-electron chi connectivity index (χ4n) is 4.28. The van der Waals surface area contributed by atoms with E-state index in [4.69, 9.17) is 4.74 Å². The topological polar surface area (TPSA) is 38.3 Å². The van der Waals surface area contributed by atoms with Crippen molar-refractivity contribution in [3.63, 3.8) is 0 Å². The second kappa shape index (κ2) is 7.01. The van der Waals surface area contributed by atoms with Crippen LogP contribution < -0.4 is 10.1 Å². The Balaban J connectivity index is 1.53. The summed E-state index contributed by atoms with van der Waals surface area (Å²) in [6, 6.07) is 16.8. The van der Waals surface area contributed by atoms with E-state index in [0.717, 1.165) is 44.5 Å². The Morgan fingerprint density at radius 3 is 2.60 bits per heavy atom. The van der Waals surface area contributed by atoms with Crippen LogP contribution >= 0.6 is 0 Å². The number of nitrogens with one attached hydrogen (secondary N) is 1. The highest BCUT2D eigenvalue weighted by Gasteiger charge is 2.44. The molecule has 130 valence electrons. The van der Waals surface area contributed by atoms with Crippen LogP contribution in [-0.4, -0.2) is 25.5 Å². The lowest BCUT2D eigenvalue weighted by atomic mass is 9.64. The van der Waals surface area contributed by atoms with Gasteiger partial charge in [0.05, 0.1) is 12.0 Å². The molecule has 25 heavy (non-hydrogen) atoms. The molecule has 0 amide bonds. The number of hydrogen-bond acceptors (Lipinski definition) is 3. The predicted molar refractivity (Wildman–Crippen MR) is 99.2 cm³/mol. The number of ether oxygens (including phenoxy) is 1. The summed E-state index contributed by atoms with van der Waals surface area (Å²) in [5, 5.41) is 3.39. The molecule has 1 spiro atoms. The number of carbonyl (C=O) groups is 1. The highest BCUT2D eigenvalue weighted by molar-refractivity contribution is 5.92. The molecule has 1 N–H and O–H groups in total. The number of carbonyl (C=O) groups excluding carboxylic acids is 1. The average Bonchev–Trinajstić information content (AvgIpc) is 2.67. The first kappa shape index (κ1) is 16.3. The molecule has 1 saturated heterocycles. The molecule has 0 radical (unpaired) electrons. The zero-order chi connectivity index (χ0) is 17.1. The molecular formula is C22H25NO2. The molecule has 0 bridgehead atoms. The van der Waals surface area contributed by atoms with Crippen LogP contribution in [0.15, 0.2) is 48.5 Å². The number of benzene rings is 2. The second-order valence-electron chi connectivity index (χ2n) is 7.16. The van der Waals surface area contributed by atoms with E-state index >= 15 is 0 Å². The molecule has 2 aromatic rings. The lowest BCUT2D eigenvalue weighted by Crippen LogP contribution is -2.48. The van der Waals surface area contributed by atoms with E-state index in [2.05, 4.69) is 47.8 Å². The molecule has 1 aliphatic heterocycles. The summed E-state index contributed by atoms with van der Waals surface area (Å²) in [4.78, 5) is 12.8. The number of Topliss-reactive ketones (excluding diaryl/α,β-unsaturated/α-hetero) is 1. The van der Waals surface area contributed by atoms with Gasteiger partial charge in [-0.25, -0.2) is 0 Å². The lowest BCUT2D eigenvalue weighted by molar-refractivity contribution is -0.126. The summed E-state index contributed by atoms with van der Waals surface area (Å²) >= 11 is 0. The first-order valence-corrected chi connectivity index (χ1v) is 9.32. The van der Waals surface area contributed by atoms with Crippen molar-refractivity contribution in [1.29, 1.82) is 0 Å². The zero-order valence-corrected chi connectivity index (χ0v) is 14.6. The van der Waals surface area contributed by atoms with Gasteiger partial charge in [-0.15, -0.1) is 0 Å². The standard InChI is InChI=1S/C22H25NO2/c24-21-9-7-18-6-8-19(25-15-10-17-4-2-1-3-5-17)16-20(18)22(21)11-13-23-14-12-22/h1-6,8,16,23H,7,9-15H2. The van der Waals surface area contributed by atoms with Crippen LogP contribution in [0.4, 0.5) is 0 Å². The van der Waals surface area contributed by atoms with Gasteiger partial charge in [0.25, 0.3) is 0 Å². The van der Waals surface area contributed by atoms with Gasteiger partial charge in [-0.3, -0.25) is 4.79 Å². The first-order chi connectivity index (χ1) is 12.3. The van der Waals surface area contributed by atoms with Gasteiger partial charge in [0.2, 0.25) is 0 Å². The van der Waals surface area contributed by atoms with E-state index < -0.39 is 0 Å². The Kier molecular flexibility index (Phi) is 4.58.